The third-order valence-corrected chi connectivity index (χ3v) is 3.20. The van der Waals surface area contributed by atoms with Crippen molar-refractivity contribution in [1.82, 2.24) is 9.88 Å². The van der Waals surface area contributed by atoms with Crippen LogP contribution in [-0.2, 0) is 0 Å². The molecule has 0 spiro atoms. The van der Waals surface area contributed by atoms with E-state index in [9.17, 15) is 13.2 Å². The second kappa shape index (κ2) is 6.15. The summed E-state index contributed by atoms with van der Waals surface area (Å²) >= 11 is 0. The maximum atomic E-state index is 12.1. The van der Waals surface area contributed by atoms with Gasteiger partial charge in [-0.05, 0) is 25.5 Å². The van der Waals surface area contributed by atoms with E-state index < -0.39 is 12.8 Å². The van der Waals surface area contributed by atoms with E-state index in [2.05, 4.69) is 19.6 Å². The number of nitrogens with zero attached hydrogens (tertiary/aromatic N) is 3. The molecule has 21 heavy (non-hydrogen) atoms. The van der Waals surface area contributed by atoms with Gasteiger partial charge in [-0.3, -0.25) is 4.99 Å². The zero-order chi connectivity index (χ0) is 15.5. The number of halogens is 3. The van der Waals surface area contributed by atoms with Crippen molar-refractivity contribution >= 4 is 6.21 Å². The van der Waals surface area contributed by atoms with Gasteiger partial charge in [0.25, 0.3) is 0 Å². The highest BCUT2D eigenvalue weighted by molar-refractivity contribution is 5.72. The molecule has 2 heterocycles. The summed E-state index contributed by atoms with van der Waals surface area (Å²) in [5.74, 6) is -0.0350. The summed E-state index contributed by atoms with van der Waals surface area (Å²) in [6.45, 7) is 3.19. The predicted molar refractivity (Wildman–Crippen MR) is 73.2 cm³/mol. The van der Waals surface area contributed by atoms with Crippen molar-refractivity contribution in [1.29, 1.82) is 0 Å². The Bertz CT molecular complexity index is 537. The van der Waals surface area contributed by atoms with Crippen molar-refractivity contribution in [3.63, 3.8) is 0 Å². The molecule has 0 aromatic carbocycles. The number of pyridine rings is 1. The molecular weight excluding hydrogens is 283 g/mol. The summed E-state index contributed by atoms with van der Waals surface area (Å²) in [5.41, 5.74) is 1.97. The van der Waals surface area contributed by atoms with Crippen molar-refractivity contribution in [3.8, 4) is 5.88 Å². The van der Waals surface area contributed by atoms with Gasteiger partial charge in [0.2, 0.25) is 5.88 Å². The topological polar surface area (TPSA) is 37.7 Å². The minimum Gasteiger partial charge on any atom is -0.468 e. The van der Waals surface area contributed by atoms with Crippen LogP contribution in [0, 0.1) is 0 Å². The average Bonchev–Trinajstić information content (AvgIpc) is 2.45. The molecule has 0 fully saturated rings. The molecule has 0 saturated carbocycles. The van der Waals surface area contributed by atoms with Gasteiger partial charge in [-0.2, -0.15) is 13.2 Å². The zero-order valence-electron chi connectivity index (χ0n) is 11.8. The van der Waals surface area contributed by atoms with Crippen molar-refractivity contribution in [2.45, 2.75) is 26.1 Å². The van der Waals surface area contributed by atoms with Gasteiger partial charge in [0, 0.05) is 24.2 Å². The normalized spacial score (nSPS) is 16.6. The number of hydrogen-bond donors (Lipinski definition) is 0. The van der Waals surface area contributed by atoms with Crippen LogP contribution in [0.2, 0.25) is 0 Å². The van der Waals surface area contributed by atoms with Crippen LogP contribution in [0.15, 0.2) is 35.1 Å². The Morgan fingerprint density at radius 2 is 2.14 bits per heavy atom. The van der Waals surface area contributed by atoms with Crippen molar-refractivity contribution in [2.24, 2.45) is 4.99 Å². The first-order valence-electron chi connectivity index (χ1n) is 6.45. The molecule has 1 unspecified atom stereocenters. The maximum Gasteiger partial charge on any atom is 0.422 e. The van der Waals surface area contributed by atoms with Crippen LogP contribution >= 0.6 is 0 Å². The molecular formula is C14H16F3N3O. The summed E-state index contributed by atoms with van der Waals surface area (Å²) in [5, 5.41) is 0. The van der Waals surface area contributed by atoms with E-state index in [1.807, 2.05) is 19.9 Å². The summed E-state index contributed by atoms with van der Waals surface area (Å²) in [6.07, 6.45) is 0.836. The van der Waals surface area contributed by atoms with Gasteiger partial charge < -0.3 is 9.64 Å². The molecule has 0 amide bonds. The Hall–Kier alpha value is -2.05. The fourth-order valence-electron chi connectivity index (χ4n) is 1.99. The third kappa shape index (κ3) is 4.21. The number of aromatic nitrogens is 1. The second-order valence-corrected chi connectivity index (χ2v) is 4.76. The largest absolute Gasteiger partial charge is 0.468 e. The molecule has 0 saturated heterocycles. The lowest BCUT2D eigenvalue weighted by molar-refractivity contribution is -0.154. The Labute approximate surface area is 121 Å². The van der Waals surface area contributed by atoms with E-state index in [1.165, 1.54) is 12.3 Å². The number of ether oxygens (including phenoxy) is 1. The molecule has 114 valence electrons. The Morgan fingerprint density at radius 1 is 1.38 bits per heavy atom. The lowest BCUT2D eigenvalue weighted by atomic mass is 10.1. The standard InChI is InChI=1S/C14H16F3N3O/c1-10-5-6-18-9-20(10)11(2)12-3-4-13(19-7-12)21-8-14(15,16)17/h3-7,11H,8-9H2,1-2H3. The zero-order valence-corrected chi connectivity index (χ0v) is 11.8. The monoisotopic (exact) mass is 299 g/mol. The molecule has 1 atom stereocenters. The first-order chi connectivity index (χ1) is 9.87. The van der Waals surface area contributed by atoms with E-state index in [0.717, 1.165) is 11.3 Å². The molecule has 4 nitrogen and oxygen atoms in total. The SMILES string of the molecule is CC1=CC=NCN1C(C)c1ccc(OCC(F)(F)F)nc1. The van der Waals surface area contributed by atoms with E-state index >= 15 is 0 Å². The molecule has 2 rings (SSSR count). The van der Waals surface area contributed by atoms with Crippen LogP contribution in [0.1, 0.15) is 25.5 Å². The summed E-state index contributed by atoms with van der Waals surface area (Å²) < 4.78 is 40.8. The van der Waals surface area contributed by atoms with Crippen LogP contribution in [-0.4, -0.2) is 35.6 Å². The summed E-state index contributed by atoms with van der Waals surface area (Å²) in [4.78, 5) is 10.2. The highest BCUT2D eigenvalue weighted by Crippen LogP contribution is 2.26. The second-order valence-electron chi connectivity index (χ2n) is 4.76. The molecule has 1 aliphatic rings. The highest BCUT2D eigenvalue weighted by atomic mass is 19.4. The lowest BCUT2D eigenvalue weighted by Crippen LogP contribution is -2.27. The van der Waals surface area contributed by atoms with E-state index in [-0.39, 0.29) is 11.9 Å². The Balaban J connectivity index is 2.01. The summed E-state index contributed by atoms with van der Waals surface area (Å²) in [6, 6.07) is 3.20. The molecule has 1 aromatic rings. The van der Waals surface area contributed by atoms with E-state index in [0.29, 0.717) is 6.67 Å². The number of rotatable bonds is 4. The molecule has 1 aliphatic heterocycles. The van der Waals surface area contributed by atoms with Crippen molar-refractivity contribution in [2.75, 3.05) is 13.3 Å². The van der Waals surface area contributed by atoms with Gasteiger partial charge in [-0.1, -0.05) is 6.07 Å². The van der Waals surface area contributed by atoms with Gasteiger partial charge in [0.05, 0.1) is 6.04 Å². The summed E-state index contributed by atoms with van der Waals surface area (Å²) in [7, 11) is 0. The van der Waals surface area contributed by atoms with Gasteiger partial charge in [-0.25, -0.2) is 4.98 Å². The first-order valence-corrected chi connectivity index (χ1v) is 6.45. The minimum atomic E-state index is -4.36. The Kier molecular flexibility index (Phi) is 4.50. The minimum absolute atomic E-state index is 0.0304. The molecule has 7 heteroatoms. The van der Waals surface area contributed by atoms with Crippen LogP contribution in [0.3, 0.4) is 0 Å². The number of alkyl halides is 3. The van der Waals surface area contributed by atoms with Crippen molar-refractivity contribution in [3.05, 3.63) is 35.7 Å². The van der Waals surface area contributed by atoms with E-state index in [4.69, 9.17) is 0 Å². The molecule has 0 aliphatic carbocycles. The highest BCUT2D eigenvalue weighted by Gasteiger charge is 2.28. The number of hydrogen-bond acceptors (Lipinski definition) is 4. The van der Waals surface area contributed by atoms with Crippen LogP contribution in [0.25, 0.3) is 0 Å². The van der Waals surface area contributed by atoms with Crippen LogP contribution < -0.4 is 4.74 Å². The smallest absolute Gasteiger partial charge is 0.422 e. The maximum absolute atomic E-state index is 12.1. The van der Waals surface area contributed by atoms with E-state index in [1.54, 1.807) is 12.3 Å². The quantitative estimate of drug-likeness (QED) is 0.856. The van der Waals surface area contributed by atoms with Crippen molar-refractivity contribution < 1.29 is 17.9 Å². The lowest BCUT2D eigenvalue weighted by Gasteiger charge is -2.31. The molecule has 0 N–H and O–H groups in total. The number of allylic oxidation sites excluding steroid dienone is 2. The van der Waals surface area contributed by atoms with Crippen LogP contribution in [0.4, 0.5) is 13.2 Å². The molecule has 0 radical (unpaired) electrons. The van der Waals surface area contributed by atoms with Gasteiger partial charge in [0.15, 0.2) is 6.61 Å². The predicted octanol–water partition coefficient (Wildman–Crippen LogP) is 3.33. The average molecular weight is 299 g/mol. The third-order valence-electron chi connectivity index (χ3n) is 3.20. The first kappa shape index (κ1) is 15.3. The van der Waals surface area contributed by atoms with Gasteiger partial charge in [0.1, 0.15) is 6.67 Å². The molecule has 0 bridgehead atoms. The number of aliphatic imine (C=N–C) groups is 1. The van der Waals surface area contributed by atoms with Crippen LogP contribution in [0.5, 0.6) is 5.88 Å². The fourth-order valence-corrected chi connectivity index (χ4v) is 1.99. The van der Waals surface area contributed by atoms with Gasteiger partial charge in [-0.15, -0.1) is 0 Å². The Morgan fingerprint density at radius 3 is 2.71 bits per heavy atom. The fraction of sp³-hybridized carbons (Fsp3) is 0.429. The van der Waals surface area contributed by atoms with Gasteiger partial charge >= 0.3 is 6.18 Å². The molecule has 1 aromatic heterocycles.